The van der Waals surface area contributed by atoms with Gasteiger partial charge in [-0.15, -0.1) is 5.10 Å². The zero-order chi connectivity index (χ0) is 25.7. The van der Waals surface area contributed by atoms with E-state index in [-0.39, 0.29) is 24.3 Å². The Morgan fingerprint density at radius 1 is 1.08 bits per heavy atom. The van der Waals surface area contributed by atoms with Crippen LogP contribution >= 0.6 is 0 Å². The summed E-state index contributed by atoms with van der Waals surface area (Å²) >= 11 is 0. The third-order valence-corrected chi connectivity index (χ3v) is 8.10. The van der Waals surface area contributed by atoms with Gasteiger partial charge in [-0.1, -0.05) is 55.5 Å². The van der Waals surface area contributed by atoms with Crippen LogP contribution in [0.1, 0.15) is 68.8 Å². The third kappa shape index (κ3) is 3.71. The summed E-state index contributed by atoms with van der Waals surface area (Å²) < 4.78 is 1.80. The van der Waals surface area contributed by atoms with E-state index >= 15 is 0 Å². The van der Waals surface area contributed by atoms with Crippen LogP contribution in [0.15, 0.2) is 60.8 Å². The first-order valence-electron chi connectivity index (χ1n) is 13.3. The molecule has 190 valence electrons. The number of benzene rings is 2. The predicted molar refractivity (Wildman–Crippen MR) is 143 cm³/mol. The topological polar surface area (TPSA) is 71.3 Å². The third-order valence-electron chi connectivity index (χ3n) is 8.10. The molecule has 2 amide bonds. The summed E-state index contributed by atoms with van der Waals surface area (Å²) in [5.74, 6) is 0.280. The van der Waals surface area contributed by atoms with Gasteiger partial charge in [0.25, 0.3) is 0 Å². The molecule has 3 heterocycles. The fraction of sp³-hybridized carbons (Fsp3) is 0.400. The summed E-state index contributed by atoms with van der Waals surface area (Å²) in [5, 5.41) is 8.91. The van der Waals surface area contributed by atoms with Gasteiger partial charge in [-0.05, 0) is 66.5 Å². The van der Waals surface area contributed by atoms with E-state index < -0.39 is 5.41 Å². The SMILES string of the molecule is CC(C)CN1C(=O)[C@]2(CC(=O)N(C)C2c2ccccc2)c2cc(-n3cc(C4=CCCCC4)nn3)ccc21. The lowest BCUT2D eigenvalue weighted by Gasteiger charge is -2.33. The van der Waals surface area contributed by atoms with Gasteiger partial charge in [0.2, 0.25) is 11.8 Å². The molecule has 2 aromatic carbocycles. The van der Waals surface area contributed by atoms with Crippen molar-refractivity contribution in [3.63, 3.8) is 0 Å². The summed E-state index contributed by atoms with van der Waals surface area (Å²) in [7, 11) is 1.82. The van der Waals surface area contributed by atoms with E-state index in [9.17, 15) is 9.59 Å². The zero-order valence-electron chi connectivity index (χ0n) is 21.7. The summed E-state index contributed by atoms with van der Waals surface area (Å²) in [6.07, 6.45) is 8.91. The number of hydrogen-bond donors (Lipinski definition) is 0. The van der Waals surface area contributed by atoms with Crippen LogP contribution in [-0.4, -0.2) is 45.3 Å². The van der Waals surface area contributed by atoms with Crippen LogP contribution in [0.25, 0.3) is 11.3 Å². The maximum absolute atomic E-state index is 14.4. The Hall–Kier alpha value is -3.74. The van der Waals surface area contributed by atoms with Crippen molar-refractivity contribution < 1.29 is 9.59 Å². The Balaban J connectivity index is 1.50. The van der Waals surface area contributed by atoms with Gasteiger partial charge < -0.3 is 9.80 Å². The molecule has 1 fully saturated rings. The molecular formula is C30H33N5O2. The van der Waals surface area contributed by atoms with E-state index in [1.54, 1.807) is 9.58 Å². The van der Waals surface area contributed by atoms with Crippen LogP contribution in [-0.2, 0) is 15.0 Å². The lowest BCUT2D eigenvalue weighted by Crippen LogP contribution is -2.45. The first kappa shape index (κ1) is 23.6. The average Bonchev–Trinajstić information content (AvgIpc) is 3.56. The van der Waals surface area contributed by atoms with E-state index in [4.69, 9.17) is 0 Å². The Morgan fingerprint density at radius 3 is 2.62 bits per heavy atom. The Kier molecular flexibility index (Phi) is 5.74. The molecule has 2 aliphatic heterocycles. The molecule has 0 bridgehead atoms. The van der Waals surface area contributed by atoms with Crippen molar-refractivity contribution in [1.29, 1.82) is 0 Å². The average molecular weight is 496 g/mol. The molecule has 3 aromatic rings. The van der Waals surface area contributed by atoms with E-state index in [1.165, 1.54) is 18.4 Å². The number of anilines is 1. The summed E-state index contributed by atoms with van der Waals surface area (Å²) in [5.41, 5.74) is 4.78. The van der Waals surface area contributed by atoms with Crippen molar-refractivity contribution in [2.75, 3.05) is 18.5 Å². The van der Waals surface area contributed by atoms with Crippen LogP contribution in [0.3, 0.4) is 0 Å². The molecule has 2 atom stereocenters. The van der Waals surface area contributed by atoms with E-state index in [1.807, 2.05) is 60.6 Å². The van der Waals surface area contributed by atoms with Crippen LogP contribution in [0.5, 0.6) is 0 Å². The van der Waals surface area contributed by atoms with Crippen LogP contribution in [0.4, 0.5) is 5.69 Å². The fourth-order valence-corrected chi connectivity index (χ4v) is 6.39. The lowest BCUT2D eigenvalue weighted by molar-refractivity contribution is -0.128. The summed E-state index contributed by atoms with van der Waals surface area (Å²) in [6.45, 7) is 4.83. The number of nitrogens with zero attached hydrogens (tertiary/aromatic N) is 5. The highest BCUT2D eigenvalue weighted by Crippen LogP contribution is 2.57. The summed E-state index contributed by atoms with van der Waals surface area (Å²) in [4.78, 5) is 31.3. The molecule has 7 nitrogen and oxygen atoms in total. The zero-order valence-corrected chi connectivity index (χ0v) is 21.7. The molecular weight excluding hydrogens is 462 g/mol. The van der Waals surface area contributed by atoms with Gasteiger partial charge in [0.1, 0.15) is 11.1 Å². The number of rotatable bonds is 5. The molecule has 1 unspecified atom stereocenters. The maximum Gasteiger partial charge on any atom is 0.240 e. The Labute approximate surface area is 217 Å². The monoisotopic (exact) mass is 495 g/mol. The second kappa shape index (κ2) is 8.98. The van der Waals surface area contributed by atoms with Crippen LogP contribution in [0.2, 0.25) is 0 Å². The highest BCUT2D eigenvalue weighted by molar-refractivity contribution is 6.12. The van der Waals surface area contributed by atoms with Crippen molar-refractivity contribution >= 4 is 23.1 Å². The summed E-state index contributed by atoms with van der Waals surface area (Å²) in [6, 6.07) is 15.7. The molecule has 1 aromatic heterocycles. The number of hydrogen-bond acceptors (Lipinski definition) is 4. The molecule has 37 heavy (non-hydrogen) atoms. The van der Waals surface area contributed by atoms with Gasteiger partial charge in [-0.2, -0.15) is 0 Å². The first-order chi connectivity index (χ1) is 17.9. The van der Waals surface area contributed by atoms with Crippen LogP contribution < -0.4 is 4.90 Å². The molecule has 1 spiro atoms. The lowest BCUT2D eigenvalue weighted by atomic mass is 9.72. The first-order valence-corrected chi connectivity index (χ1v) is 13.3. The van der Waals surface area contributed by atoms with Gasteiger partial charge in [-0.3, -0.25) is 9.59 Å². The predicted octanol–water partition coefficient (Wildman–Crippen LogP) is 5.07. The number of fused-ring (bicyclic) bond motifs is 2. The number of amides is 2. The largest absolute Gasteiger partial charge is 0.337 e. The number of aromatic nitrogens is 3. The number of allylic oxidation sites excluding steroid dienone is 2. The van der Waals surface area contributed by atoms with Crippen molar-refractivity contribution in [3.8, 4) is 5.69 Å². The highest BCUT2D eigenvalue weighted by atomic mass is 16.2. The molecule has 1 aliphatic carbocycles. The van der Waals surface area contributed by atoms with Crippen molar-refractivity contribution in [1.82, 2.24) is 19.9 Å². The normalized spacial score (nSPS) is 23.4. The Bertz CT molecular complexity index is 1390. The smallest absolute Gasteiger partial charge is 0.240 e. The van der Waals surface area contributed by atoms with Crippen LogP contribution in [0, 0.1) is 5.92 Å². The van der Waals surface area contributed by atoms with Crippen molar-refractivity contribution in [3.05, 3.63) is 77.6 Å². The number of carbonyl (C=O) groups excluding carboxylic acids is 2. The van der Waals surface area contributed by atoms with E-state index in [0.29, 0.717) is 12.5 Å². The molecule has 1 saturated heterocycles. The Morgan fingerprint density at radius 2 is 1.89 bits per heavy atom. The fourth-order valence-electron chi connectivity index (χ4n) is 6.39. The number of likely N-dealkylation sites (N-methyl/N-ethyl adjacent to an activating group) is 1. The second-order valence-corrected chi connectivity index (χ2v) is 11.0. The van der Waals surface area contributed by atoms with Gasteiger partial charge in [0, 0.05) is 25.7 Å². The van der Waals surface area contributed by atoms with Gasteiger partial charge in [0.05, 0.1) is 17.9 Å². The van der Waals surface area contributed by atoms with Gasteiger partial charge in [-0.25, -0.2) is 4.68 Å². The maximum atomic E-state index is 14.4. The quantitative estimate of drug-likeness (QED) is 0.496. The number of likely N-dealkylation sites (tertiary alicyclic amines) is 1. The minimum absolute atomic E-state index is 0.00606. The minimum atomic E-state index is -0.983. The molecule has 7 heteroatoms. The highest BCUT2D eigenvalue weighted by Gasteiger charge is 2.62. The molecule has 0 saturated carbocycles. The second-order valence-electron chi connectivity index (χ2n) is 11.0. The molecule has 6 rings (SSSR count). The van der Waals surface area contributed by atoms with Gasteiger partial charge >= 0.3 is 0 Å². The number of carbonyl (C=O) groups is 2. The van der Waals surface area contributed by atoms with Crippen molar-refractivity contribution in [2.24, 2.45) is 5.92 Å². The minimum Gasteiger partial charge on any atom is -0.337 e. The van der Waals surface area contributed by atoms with E-state index in [2.05, 4.69) is 36.3 Å². The van der Waals surface area contributed by atoms with Gasteiger partial charge in [0.15, 0.2) is 0 Å². The molecule has 0 N–H and O–H groups in total. The van der Waals surface area contributed by atoms with Crippen molar-refractivity contribution in [2.45, 2.75) is 57.4 Å². The molecule has 3 aliphatic rings. The molecule has 0 radical (unpaired) electrons. The standard InChI is InChI=1S/C30H33N5O2/c1-20(2)18-34-26-15-14-23(35-19-25(31-32-35)21-10-6-4-7-11-21)16-24(26)30(29(34)37)17-27(36)33(3)28(30)22-12-8-5-9-13-22/h5,8-10,12-16,19-20,28H,4,6-7,11,17-18H2,1-3H3/t28?,30-/m1/s1. The van der Waals surface area contributed by atoms with E-state index in [0.717, 1.165) is 41.0 Å².